The normalized spacial score (nSPS) is 12.4. The van der Waals surface area contributed by atoms with Crippen LogP contribution in [0.1, 0.15) is 23.6 Å². The molecular weight excluding hydrogens is 328 g/mol. The predicted molar refractivity (Wildman–Crippen MR) is 103 cm³/mol. The highest BCUT2D eigenvalue weighted by Gasteiger charge is 2.16. The quantitative estimate of drug-likeness (QED) is 0.422. The molecule has 1 aromatic heterocycles. The Morgan fingerprint density at radius 1 is 0.880 bits per heavy atom. The van der Waals surface area contributed by atoms with Crippen molar-refractivity contribution < 1.29 is 4.42 Å². The lowest BCUT2D eigenvalue weighted by Gasteiger charge is -2.08. The molecule has 4 heteroatoms. The molecule has 3 nitrogen and oxygen atoms in total. The number of thioether (sulfide) groups is 1. The highest BCUT2D eigenvalue weighted by atomic mass is 32.2. The predicted octanol–water partition coefficient (Wildman–Crippen LogP) is 6.05. The number of fused-ring (bicyclic) bond motifs is 1. The highest BCUT2D eigenvalue weighted by Crippen LogP contribution is 2.36. The van der Waals surface area contributed by atoms with Crippen molar-refractivity contribution in [3.05, 3.63) is 78.2 Å². The molecule has 0 N–H and O–H groups in total. The van der Waals surface area contributed by atoms with E-state index in [1.807, 2.05) is 12.1 Å². The second-order valence-corrected chi connectivity index (χ2v) is 7.50. The fraction of sp³-hybridized carbons (Fsp3) is 0.143. The van der Waals surface area contributed by atoms with Gasteiger partial charge in [0.15, 0.2) is 0 Å². The molecular formula is C21H18N2OS. The van der Waals surface area contributed by atoms with Gasteiger partial charge in [0.1, 0.15) is 0 Å². The van der Waals surface area contributed by atoms with Crippen LogP contribution < -0.4 is 0 Å². The Kier molecular flexibility index (Phi) is 4.28. The molecule has 0 unspecified atom stereocenters. The smallest absolute Gasteiger partial charge is 0.247 e. The minimum absolute atomic E-state index is 0.0900. The Labute approximate surface area is 151 Å². The molecule has 1 heterocycles. The van der Waals surface area contributed by atoms with Gasteiger partial charge in [-0.1, -0.05) is 48.0 Å². The zero-order valence-corrected chi connectivity index (χ0v) is 15.0. The summed E-state index contributed by atoms with van der Waals surface area (Å²) < 4.78 is 5.90. The lowest BCUT2D eigenvalue weighted by atomic mass is 10.1. The van der Waals surface area contributed by atoms with E-state index in [0.29, 0.717) is 11.8 Å². The van der Waals surface area contributed by atoms with Crippen molar-refractivity contribution in [1.29, 1.82) is 0 Å². The summed E-state index contributed by atoms with van der Waals surface area (Å²) in [5.74, 6) is 1.22. The summed E-state index contributed by atoms with van der Waals surface area (Å²) in [5.41, 5.74) is 2.14. The van der Waals surface area contributed by atoms with Crippen LogP contribution in [0.25, 0.3) is 22.2 Å². The Morgan fingerprint density at radius 2 is 1.72 bits per heavy atom. The molecule has 4 rings (SSSR count). The molecule has 1 atom stereocenters. The number of rotatable bonds is 4. The Morgan fingerprint density at radius 3 is 2.56 bits per heavy atom. The topological polar surface area (TPSA) is 38.9 Å². The first-order chi connectivity index (χ1) is 12.2. The highest BCUT2D eigenvalue weighted by molar-refractivity contribution is 7.99. The number of aromatic nitrogens is 2. The van der Waals surface area contributed by atoms with Crippen LogP contribution in [0.3, 0.4) is 0 Å². The van der Waals surface area contributed by atoms with E-state index in [-0.39, 0.29) is 5.25 Å². The number of hydrogen-bond donors (Lipinski definition) is 0. The first-order valence-corrected chi connectivity index (χ1v) is 9.13. The van der Waals surface area contributed by atoms with Crippen molar-refractivity contribution in [2.75, 3.05) is 0 Å². The summed E-state index contributed by atoms with van der Waals surface area (Å²) in [6.45, 7) is 4.15. The minimum Gasteiger partial charge on any atom is -0.419 e. The summed E-state index contributed by atoms with van der Waals surface area (Å²) in [7, 11) is 0. The van der Waals surface area contributed by atoms with Crippen molar-refractivity contribution in [1.82, 2.24) is 10.2 Å². The van der Waals surface area contributed by atoms with Gasteiger partial charge >= 0.3 is 0 Å². The summed E-state index contributed by atoms with van der Waals surface area (Å²) in [6.07, 6.45) is 0. The van der Waals surface area contributed by atoms with Gasteiger partial charge in [-0.05, 0) is 48.9 Å². The average Bonchev–Trinajstić information content (AvgIpc) is 3.12. The largest absolute Gasteiger partial charge is 0.419 e. The molecule has 0 spiro atoms. The summed E-state index contributed by atoms with van der Waals surface area (Å²) >= 11 is 1.73. The van der Waals surface area contributed by atoms with E-state index in [4.69, 9.17) is 4.42 Å². The molecule has 0 radical (unpaired) electrons. The standard InChI is InChI=1S/C21H18N2OS/c1-14-6-5-9-18(12-14)21-23-22-20(24-21)15(2)25-19-11-10-16-7-3-4-8-17(16)13-19/h3-13,15H,1-2H3/t15-/m1/s1. The summed E-state index contributed by atoms with van der Waals surface area (Å²) in [6, 6.07) is 23.0. The first-order valence-electron chi connectivity index (χ1n) is 8.25. The third kappa shape index (κ3) is 3.44. The van der Waals surface area contributed by atoms with E-state index in [1.54, 1.807) is 11.8 Å². The molecule has 0 aliphatic rings. The molecule has 0 saturated carbocycles. The molecule has 0 saturated heterocycles. The fourth-order valence-corrected chi connectivity index (χ4v) is 3.73. The van der Waals surface area contributed by atoms with E-state index < -0.39 is 0 Å². The van der Waals surface area contributed by atoms with E-state index >= 15 is 0 Å². The maximum atomic E-state index is 5.90. The zero-order chi connectivity index (χ0) is 17.2. The van der Waals surface area contributed by atoms with Crippen LogP contribution in [-0.4, -0.2) is 10.2 Å². The minimum atomic E-state index is 0.0900. The Bertz CT molecular complexity index is 1030. The van der Waals surface area contributed by atoms with Crippen LogP contribution in [-0.2, 0) is 0 Å². The van der Waals surface area contributed by atoms with Crippen LogP contribution in [0.4, 0.5) is 0 Å². The molecule has 4 aromatic rings. The summed E-state index contributed by atoms with van der Waals surface area (Å²) in [5, 5.41) is 11.0. The Hall–Kier alpha value is -2.59. The van der Waals surface area contributed by atoms with Gasteiger partial charge in [0.25, 0.3) is 0 Å². The monoisotopic (exact) mass is 346 g/mol. The van der Waals surface area contributed by atoms with E-state index in [0.717, 1.165) is 5.56 Å². The van der Waals surface area contributed by atoms with Gasteiger partial charge in [-0.25, -0.2) is 0 Å². The van der Waals surface area contributed by atoms with Gasteiger partial charge in [-0.15, -0.1) is 22.0 Å². The lowest BCUT2D eigenvalue weighted by Crippen LogP contribution is -1.88. The number of hydrogen-bond acceptors (Lipinski definition) is 4. The molecule has 0 bridgehead atoms. The zero-order valence-electron chi connectivity index (χ0n) is 14.1. The molecule has 25 heavy (non-hydrogen) atoms. The molecule has 0 fully saturated rings. The fourth-order valence-electron chi connectivity index (χ4n) is 2.79. The van der Waals surface area contributed by atoms with Crippen molar-refractivity contribution in [3.63, 3.8) is 0 Å². The van der Waals surface area contributed by atoms with Crippen molar-refractivity contribution in [3.8, 4) is 11.5 Å². The van der Waals surface area contributed by atoms with Gasteiger partial charge in [0, 0.05) is 10.5 Å². The number of nitrogens with zero attached hydrogens (tertiary/aromatic N) is 2. The SMILES string of the molecule is Cc1cccc(-c2nnc([C@@H](C)Sc3ccc4ccccc4c3)o2)c1. The van der Waals surface area contributed by atoms with Crippen molar-refractivity contribution >= 4 is 22.5 Å². The summed E-state index contributed by atoms with van der Waals surface area (Å²) in [4.78, 5) is 1.20. The average molecular weight is 346 g/mol. The van der Waals surface area contributed by atoms with Crippen LogP contribution in [0, 0.1) is 6.92 Å². The molecule has 0 aliphatic carbocycles. The van der Waals surface area contributed by atoms with Crippen LogP contribution in [0.5, 0.6) is 0 Å². The molecule has 0 aliphatic heterocycles. The van der Waals surface area contributed by atoms with Crippen molar-refractivity contribution in [2.45, 2.75) is 24.0 Å². The van der Waals surface area contributed by atoms with Gasteiger partial charge in [0.05, 0.1) is 5.25 Å². The lowest BCUT2D eigenvalue weighted by molar-refractivity contribution is 0.509. The van der Waals surface area contributed by atoms with E-state index in [1.165, 1.54) is 21.2 Å². The van der Waals surface area contributed by atoms with Gasteiger partial charge in [0.2, 0.25) is 11.8 Å². The molecule has 124 valence electrons. The first kappa shape index (κ1) is 15.9. The second kappa shape index (κ2) is 6.73. The van der Waals surface area contributed by atoms with Crippen LogP contribution >= 0.6 is 11.8 Å². The van der Waals surface area contributed by atoms with E-state index in [9.17, 15) is 0 Å². The van der Waals surface area contributed by atoms with E-state index in [2.05, 4.69) is 78.6 Å². The molecule has 3 aromatic carbocycles. The van der Waals surface area contributed by atoms with Crippen molar-refractivity contribution in [2.24, 2.45) is 0 Å². The van der Waals surface area contributed by atoms with Gasteiger partial charge < -0.3 is 4.42 Å². The maximum Gasteiger partial charge on any atom is 0.247 e. The van der Waals surface area contributed by atoms with Crippen LogP contribution in [0.2, 0.25) is 0 Å². The maximum absolute atomic E-state index is 5.90. The Balaban J connectivity index is 1.55. The molecule has 0 amide bonds. The number of aryl methyl sites for hydroxylation is 1. The van der Waals surface area contributed by atoms with Crippen LogP contribution in [0.15, 0.2) is 76.0 Å². The second-order valence-electron chi connectivity index (χ2n) is 6.08. The third-order valence-electron chi connectivity index (χ3n) is 4.09. The van der Waals surface area contributed by atoms with Gasteiger partial charge in [-0.2, -0.15) is 0 Å². The van der Waals surface area contributed by atoms with Gasteiger partial charge in [-0.3, -0.25) is 0 Å². The third-order valence-corrected chi connectivity index (χ3v) is 5.17. The number of benzene rings is 3.